The number of amides is 1. The number of hydrogen-bond acceptors (Lipinski definition) is 4. The molecule has 0 bridgehead atoms. The van der Waals surface area contributed by atoms with E-state index in [1.807, 2.05) is 42.5 Å². The molecule has 23 heavy (non-hydrogen) atoms. The van der Waals surface area contributed by atoms with Crippen LogP contribution in [-0.4, -0.2) is 18.4 Å². The van der Waals surface area contributed by atoms with Crippen molar-refractivity contribution in [1.29, 1.82) is 0 Å². The third kappa shape index (κ3) is 3.34. The Bertz CT molecular complexity index is 753. The van der Waals surface area contributed by atoms with Gasteiger partial charge in [0, 0.05) is 36.0 Å². The van der Waals surface area contributed by atoms with Gasteiger partial charge in [-0.1, -0.05) is 0 Å². The fraction of sp³-hybridized carbons (Fsp3) is 0.222. The molecule has 1 aliphatic heterocycles. The van der Waals surface area contributed by atoms with Crippen LogP contribution in [-0.2, 0) is 11.3 Å². The fourth-order valence-electron chi connectivity index (χ4n) is 2.60. The molecular formula is C18H18N2O3. The number of ether oxygens (including phenoxy) is 1. The first-order valence-electron chi connectivity index (χ1n) is 7.42. The Morgan fingerprint density at radius 3 is 2.48 bits per heavy atom. The first kappa shape index (κ1) is 15.1. The maximum absolute atomic E-state index is 11.3. The van der Waals surface area contributed by atoms with E-state index in [0.717, 1.165) is 22.7 Å². The van der Waals surface area contributed by atoms with Crippen LogP contribution >= 0.6 is 0 Å². The molecule has 0 radical (unpaired) electrons. The molecule has 0 saturated carbocycles. The Labute approximate surface area is 134 Å². The van der Waals surface area contributed by atoms with Crippen molar-refractivity contribution in [1.82, 2.24) is 0 Å². The van der Waals surface area contributed by atoms with E-state index in [-0.39, 0.29) is 11.7 Å². The number of rotatable bonds is 3. The molecule has 0 spiro atoms. The molecule has 5 nitrogen and oxygen atoms in total. The first-order chi connectivity index (χ1) is 11.0. The lowest BCUT2D eigenvalue weighted by atomic mass is 10.1. The van der Waals surface area contributed by atoms with E-state index in [0.29, 0.717) is 18.8 Å². The van der Waals surface area contributed by atoms with Crippen LogP contribution in [0.5, 0.6) is 5.75 Å². The highest BCUT2D eigenvalue weighted by atomic mass is 16.5. The SMILES string of the molecule is CC(=O)Nc1ccc2c(c1)CN(c1ccc(C(C)=O)cc1)CO2. The molecule has 2 aromatic rings. The number of ketones is 1. The molecular weight excluding hydrogens is 292 g/mol. The highest BCUT2D eigenvalue weighted by Crippen LogP contribution is 2.30. The molecule has 5 heteroatoms. The van der Waals surface area contributed by atoms with Crippen molar-refractivity contribution in [2.24, 2.45) is 0 Å². The van der Waals surface area contributed by atoms with Crippen LogP contribution in [0.25, 0.3) is 0 Å². The average Bonchev–Trinajstić information content (AvgIpc) is 2.53. The molecule has 0 fully saturated rings. The zero-order valence-electron chi connectivity index (χ0n) is 13.1. The third-order valence-electron chi connectivity index (χ3n) is 3.76. The van der Waals surface area contributed by atoms with Crippen LogP contribution in [0.1, 0.15) is 29.8 Å². The lowest BCUT2D eigenvalue weighted by molar-refractivity contribution is -0.114. The lowest BCUT2D eigenvalue weighted by Gasteiger charge is -2.31. The summed E-state index contributed by atoms with van der Waals surface area (Å²) in [6.45, 7) is 4.17. The summed E-state index contributed by atoms with van der Waals surface area (Å²) < 4.78 is 5.77. The van der Waals surface area contributed by atoms with Gasteiger partial charge in [-0.3, -0.25) is 9.59 Å². The highest BCUT2D eigenvalue weighted by Gasteiger charge is 2.18. The van der Waals surface area contributed by atoms with Gasteiger partial charge in [-0.05, 0) is 49.4 Å². The van der Waals surface area contributed by atoms with E-state index >= 15 is 0 Å². The number of benzene rings is 2. The van der Waals surface area contributed by atoms with Crippen molar-refractivity contribution in [2.45, 2.75) is 20.4 Å². The van der Waals surface area contributed by atoms with E-state index in [2.05, 4.69) is 10.2 Å². The zero-order valence-corrected chi connectivity index (χ0v) is 13.1. The number of nitrogens with zero attached hydrogens (tertiary/aromatic N) is 1. The van der Waals surface area contributed by atoms with Gasteiger partial charge in [0.15, 0.2) is 12.5 Å². The maximum Gasteiger partial charge on any atom is 0.221 e. The summed E-state index contributed by atoms with van der Waals surface area (Å²) in [4.78, 5) is 24.6. The van der Waals surface area contributed by atoms with E-state index in [1.54, 1.807) is 6.92 Å². The van der Waals surface area contributed by atoms with E-state index in [4.69, 9.17) is 4.74 Å². The maximum atomic E-state index is 11.3. The van der Waals surface area contributed by atoms with Gasteiger partial charge in [-0.15, -0.1) is 0 Å². The summed E-state index contributed by atoms with van der Waals surface area (Å²) in [7, 11) is 0. The van der Waals surface area contributed by atoms with Gasteiger partial charge in [0.1, 0.15) is 5.75 Å². The van der Waals surface area contributed by atoms with Crippen LogP contribution in [0, 0.1) is 0 Å². The number of carbonyl (C=O) groups excluding carboxylic acids is 2. The number of anilines is 2. The third-order valence-corrected chi connectivity index (χ3v) is 3.76. The number of carbonyl (C=O) groups is 2. The van der Waals surface area contributed by atoms with Crippen molar-refractivity contribution >= 4 is 23.1 Å². The van der Waals surface area contributed by atoms with Crippen LogP contribution in [0.4, 0.5) is 11.4 Å². The smallest absolute Gasteiger partial charge is 0.221 e. The normalized spacial score (nSPS) is 13.0. The summed E-state index contributed by atoms with van der Waals surface area (Å²) in [5.41, 5.74) is 3.46. The second-order valence-electron chi connectivity index (χ2n) is 5.58. The van der Waals surface area contributed by atoms with E-state index < -0.39 is 0 Å². The summed E-state index contributed by atoms with van der Waals surface area (Å²) in [5.74, 6) is 0.783. The van der Waals surface area contributed by atoms with Gasteiger partial charge in [-0.25, -0.2) is 0 Å². The minimum Gasteiger partial charge on any atom is -0.473 e. The molecule has 1 heterocycles. The van der Waals surface area contributed by atoms with E-state index in [9.17, 15) is 9.59 Å². The van der Waals surface area contributed by atoms with Crippen molar-refractivity contribution in [2.75, 3.05) is 16.9 Å². The van der Waals surface area contributed by atoms with Crippen molar-refractivity contribution in [3.8, 4) is 5.75 Å². The topological polar surface area (TPSA) is 58.6 Å². The molecule has 1 aliphatic rings. The van der Waals surface area contributed by atoms with Gasteiger partial charge < -0.3 is 15.0 Å². The number of nitrogens with one attached hydrogen (secondary N) is 1. The summed E-state index contributed by atoms with van der Waals surface area (Å²) in [5, 5.41) is 2.78. The molecule has 2 aromatic carbocycles. The molecule has 0 saturated heterocycles. The molecule has 0 unspecified atom stereocenters. The predicted molar refractivity (Wildman–Crippen MR) is 88.9 cm³/mol. The first-order valence-corrected chi connectivity index (χ1v) is 7.42. The van der Waals surface area contributed by atoms with Gasteiger partial charge >= 0.3 is 0 Å². The largest absolute Gasteiger partial charge is 0.473 e. The van der Waals surface area contributed by atoms with E-state index in [1.165, 1.54) is 6.92 Å². The summed E-state index contributed by atoms with van der Waals surface area (Å²) in [6.07, 6.45) is 0. The van der Waals surface area contributed by atoms with Gasteiger partial charge in [0.2, 0.25) is 5.91 Å². The molecule has 1 amide bonds. The monoisotopic (exact) mass is 310 g/mol. The highest BCUT2D eigenvalue weighted by molar-refractivity contribution is 5.94. The summed E-state index contributed by atoms with van der Waals surface area (Å²) >= 11 is 0. The fourth-order valence-corrected chi connectivity index (χ4v) is 2.60. The second-order valence-corrected chi connectivity index (χ2v) is 5.58. The number of hydrogen-bond donors (Lipinski definition) is 1. The molecule has 0 aliphatic carbocycles. The van der Waals surface area contributed by atoms with Crippen molar-refractivity contribution in [3.63, 3.8) is 0 Å². The molecule has 118 valence electrons. The van der Waals surface area contributed by atoms with Crippen molar-refractivity contribution < 1.29 is 14.3 Å². The molecule has 3 rings (SSSR count). The summed E-state index contributed by atoms with van der Waals surface area (Å²) in [6, 6.07) is 13.1. The quantitative estimate of drug-likeness (QED) is 0.885. The van der Waals surface area contributed by atoms with Gasteiger partial charge in [0.25, 0.3) is 0 Å². The zero-order chi connectivity index (χ0) is 16.4. The molecule has 0 atom stereocenters. The molecule has 1 N–H and O–H groups in total. The Morgan fingerprint density at radius 2 is 1.83 bits per heavy atom. The standard InChI is InChI=1S/C18H18N2O3/c1-12(21)14-3-6-17(7-4-14)20-10-15-9-16(19-13(2)22)5-8-18(15)23-11-20/h3-9H,10-11H2,1-2H3,(H,19,22). The predicted octanol–water partition coefficient (Wildman–Crippen LogP) is 3.20. The van der Waals surface area contributed by atoms with Gasteiger partial charge in [0.05, 0.1) is 0 Å². The Morgan fingerprint density at radius 1 is 1.09 bits per heavy atom. The lowest BCUT2D eigenvalue weighted by Crippen LogP contribution is -2.31. The Hall–Kier alpha value is -2.82. The number of fused-ring (bicyclic) bond motifs is 1. The van der Waals surface area contributed by atoms with Crippen molar-refractivity contribution in [3.05, 3.63) is 53.6 Å². The minimum atomic E-state index is -0.0987. The van der Waals surface area contributed by atoms with Crippen LogP contribution < -0.4 is 15.0 Å². The Kier molecular flexibility index (Phi) is 4.02. The Balaban J connectivity index is 1.81. The van der Waals surface area contributed by atoms with Crippen LogP contribution in [0.3, 0.4) is 0 Å². The number of Topliss-reactive ketones (excluding diaryl/α,β-unsaturated/α-hetero) is 1. The second kappa shape index (κ2) is 6.12. The molecule has 0 aromatic heterocycles. The van der Waals surface area contributed by atoms with Crippen LogP contribution in [0.15, 0.2) is 42.5 Å². The van der Waals surface area contributed by atoms with Crippen LogP contribution in [0.2, 0.25) is 0 Å². The van der Waals surface area contributed by atoms with Gasteiger partial charge in [-0.2, -0.15) is 0 Å². The minimum absolute atomic E-state index is 0.0525. The average molecular weight is 310 g/mol.